The van der Waals surface area contributed by atoms with Crippen LogP contribution in [0.15, 0.2) is 6.20 Å². The molecule has 0 aliphatic rings. The molecule has 1 aromatic rings. The van der Waals surface area contributed by atoms with Crippen molar-refractivity contribution in [2.45, 2.75) is 47.5 Å². The number of rotatable bonds is 1. The van der Waals surface area contributed by atoms with E-state index in [-0.39, 0.29) is 0 Å². The third-order valence-electron chi connectivity index (χ3n) is 2.46. The van der Waals surface area contributed by atoms with Crippen molar-refractivity contribution in [2.24, 2.45) is 7.05 Å². The number of aromatic nitrogens is 1. The fourth-order valence-electron chi connectivity index (χ4n) is 1.46. The minimum absolute atomic E-state index is 0.648. The summed E-state index contributed by atoms with van der Waals surface area (Å²) in [6.07, 6.45) is 2.23. The molecular formula is C12H23N. The summed E-state index contributed by atoms with van der Waals surface area (Å²) in [5.41, 5.74) is 4.31. The Hall–Kier alpha value is -0.720. The standard InChI is InChI=1S/C10H17N.C2H6/c1-7(2)10-6-11(5)9(4)8(10)3;1-2/h6-7H,1-5H3;1-2H3. The number of aryl methyl sites for hydroxylation is 1. The Morgan fingerprint density at radius 1 is 1.15 bits per heavy atom. The van der Waals surface area contributed by atoms with E-state index in [9.17, 15) is 0 Å². The van der Waals surface area contributed by atoms with Gasteiger partial charge in [0.15, 0.2) is 0 Å². The van der Waals surface area contributed by atoms with Crippen LogP contribution >= 0.6 is 0 Å². The molecule has 0 fully saturated rings. The molecule has 0 saturated carbocycles. The average Bonchev–Trinajstić information content (AvgIpc) is 2.36. The Kier molecular flexibility index (Phi) is 4.82. The minimum Gasteiger partial charge on any atom is -0.354 e. The van der Waals surface area contributed by atoms with Crippen molar-refractivity contribution in [3.63, 3.8) is 0 Å². The normalized spacial score (nSPS) is 9.85. The highest BCUT2D eigenvalue weighted by molar-refractivity contribution is 5.32. The second-order valence-corrected chi connectivity index (χ2v) is 3.56. The van der Waals surface area contributed by atoms with Crippen LogP contribution in [0.25, 0.3) is 0 Å². The fraction of sp³-hybridized carbons (Fsp3) is 0.667. The van der Waals surface area contributed by atoms with Crippen molar-refractivity contribution in [1.82, 2.24) is 4.57 Å². The van der Waals surface area contributed by atoms with E-state index in [2.05, 4.69) is 45.5 Å². The van der Waals surface area contributed by atoms with E-state index in [1.165, 1.54) is 16.8 Å². The van der Waals surface area contributed by atoms with Crippen LogP contribution in [0.4, 0.5) is 0 Å². The lowest BCUT2D eigenvalue weighted by Gasteiger charge is -2.02. The zero-order valence-electron chi connectivity index (χ0n) is 10.1. The summed E-state index contributed by atoms with van der Waals surface area (Å²) in [4.78, 5) is 0. The molecule has 1 aromatic heterocycles. The van der Waals surface area contributed by atoms with Crippen molar-refractivity contribution in [3.05, 3.63) is 23.0 Å². The van der Waals surface area contributed by atoms with Crippen molar-refractivity contribution >= 4 is 0 Å². The smallest absolute Gasteiger partial charge is 0.0172 e. The molecule has 0 amide bonds. The van der Waals surface area contributed by atoms with E-state index in [1.54, 1.807) is 0 Å². The first-order valence-corrected chi connectivity index (χ1v) is 5.16. The summed E-state index contributed by atoms with van der Waals surface area (Å²) in [6.45, 7) is 12.8. The SMILES string of the molecule is CC.Cc1c(C(C)C)cn(C)c1C. The molecule has 76 valence electrons. The lowest BCUT2D eigenvalue weighted by atomic mass is 10.0. The highest BCUT2D eigenvalue weighted by Gasteiger charge is 2.08. The summed E-state index contributed by atoms with van der Waals surface area (Å²) in [5.74, 6) is 0.648. The maximum atomic E-state index is 2.24. The van der Waals surface area contributed by atoms with Crippen LogP contribution < -0.4 is 0 Å². The lowest BCUT2D eigenvalue weighted by molar-refractivity contribution is 0.840. The number of hydrogen-bond donors (Lipinski definition) is 0. The Balaban J connectivity index is 0.000000671. The predicted octanol–water partition coefficient (Wildman–Crippen LogP) is 3.79. The molecular weight excluding hydrogens is 158 g/mol. The summed E-state index contributed by atoms with van der Waals surface area (Å²) >= 11 is 0. The zero-order chi connectivity index (χ0) is 10.6. The fourth-order valence-corrected chi connectivity index (χ4v) is 1.46. The van der Waals surface area contributed by atoms with E-state index in [0.717, 1.165) is 0 Å². The van der Waals surface area contributed by atoms with E-state index >= 15 is 0 Å². The molecule has 0 atom stereocenters. The molecule has 0 aliphatic heterocycles. The highest BCUT2D eigenvalue weighted by atomic mass is 14.9. The van der Waals surface area contributed by atoms with Crippen molar-refractivity contribution in [1.29, 1.82) is 0 Å². The molecule has 0 spiro atoms. The van der Waals surface area contributed by atoms with Gasteiger partial charge in [-0.05, 0) is 30.9 Å². The summed E-state index contributed by atoms with van der Waals surface area (Å²) in [6, 6.07) is 0. The zero-order valence-corrected chi connectivity index (χ0v) is 10.1. The van der Waals surface area contributed by atoms with E-state index in [4.69, 9.17) is 0 Å². The topological polar surface area (TPSA) is 4.93 Å². The Bertz CT molecular complexity index is 256. The summed E-state index contributed by atoms with van der Waals surface area (Å²) in [7, 11) is 2.11. The lowest BCUT2D eigenvalue weighted by Crippen LogP contribution is -1.87. The maximum absolute atomic E-state index is 2.24. The molecule has 0 N–H and O–H groups in total. The molecule has 0 radical (unpaired) electrons. The maximum Gasteiger partial charge on any atom is 0.0172 e. The quantitative estimate of drug-likeness (QED) is 0.621. The van der Waals surface area contributed by atoms with Crippen molar-refractivity contribution in [2.75, 3.05) is 0 Å². The molecule has 0 aliphatic carbocycles. The van der Waals surface area contributed by atoms with E-state index < -0.39 is 0 Å². The first-order valence-electron chi connectivity index (χ1n) is 5.16. The highest BCUT2D eigenvalue weighted by Crippen LogP contribution is 2.22. The third-order valence-corrected chi connectivity index (χ3v) is 2.46. The van der Waals surface area contributed by atoms with E-state index in [1.807, 2.05) is 13.8 Å². The van der Waals surface area contributed by atoms with Gasteiger partial charge in [-0.3, -0.25) is 0 Å². The number of nitrogens with zero attached hydrogens (tertiary/aromatic N) is 1. The van der Waals surface area contributed by atoms with Crippen LogP contribution in [-0.2, 0) is 7.05 Å². The molecule has 1 heterocycles. The minimum atomic E-state index is 0.648. The molecule has 13 heavy (non-hydrogen) atoms. The van der Waals surface area contributed by atoms with Gasteiger partial charge in [0, 0.05) is 18.9 Å². The Morgan fingerprint density at radius 3 is 1.77 bits per heavy atom. The largest absolute Gasteiger partial charge is 0.354 e. The molecule has 1 rings (SSSR count). The van der Waals surface area contributed by atoms with Crippen LogP contribution in [0.2, 0.25) is 0 Å². The van der Waals surface area contributed by atoms with Gasteiger partial charge in [0.1, 0.15) is 0 Å². The molecule has 0 bridgehead atoms. The monoisotopic (exact) mass is 181 g/mol. The first kappa shape index (κ1) is 12.3. The average molecular weight is 181 g/mol. The summed E-state index contributed by atoms with van der Waals surface area (Å²) in [5, 5.41) is 0. The van der Waals surface area contributed by atoms with E-state index in [0.29, 0.717) is 5.92 Å². The number of hydrogen-bond acceptors (Lipinski definition) is 0. The predicted molar refractivity (Wildman–Crippen MR) is 60.3 cm³/mol. The Labute approximate surface area is 82.8 Å². The Morgan fingerprint density at radius 2 is 1.62 bits per heavy atom. The van der Waals surface area contributed by atoms with Gasteiger partial charge in [0.05, 0.1) is 0 Å². The van der Waals surface area contributed by atoms with Gasteiger partial charge >= 0.3 is 0 Å². The van der Waals surface area contributed by atoms with Crippen molar-refractivity contribution in [3.8, 4) is 0 Å². The molecule has 0 unspecified atom stereocenters. The van der Waals surface area contributed by atoms with Crippen LogP contribution in [0.1, 0.15) is 50.4 Å². The second-order valence-electron chi connectivity index (χ2n) is 3.56. The molecule has 1 nitrogen and oxygen atoms in total. The van der Waals surface area contributed by atoms with Gasteiger partial charge in [-0.15, -0.1) is 0 Å². The van der Waals surface area contributed by atoms with Crippen LogP contribution in [0.3, 0.4) is 0 Å². The van der Waals surface area contributed by atoms with Crippen LogP contribution in [0.5, 0.6) is 0 Å². The van der Waals surface area contributed by atoms with Gasteiger partial charge in [-0.25, -0.2) is 0 Å². The first-order chi connectivity index (χ1) is 6.04. The molecule has 0 aromatic carbocycles. The van der Waals surface area contributed by atoms with Gasteiger partial charge in [0.2, 0.25) is 0 Å². The van der Waals surface area contributed by atoms with Gasteiger partial charge in [0.25, 0.3) is 0 Å². The van der Waals surface area contributed by atoms with Gasteiger partial charge in [-0.1, -0.05) is 27.7 Å². The van der Waals surface area contributed by atoms with Crippen LogP contribution in [-0.4, -0.2) is 4.57 Å². The molecule has 1 heteroatoms. The van der Waals surface area contributed by atoms with Gasteiger partial charge in [-0.2, -0.15) is 0 Å². The summed E-state index contributed by atoms with van der Waals surface area (Å²) < 4.78 is 2.20. The van der Waals surface area contributed by atoms with Gasteiger partial charge < -0.3 is 4.57 Å². The third kappa shape index (κ3) is 2.61. The van der Waals surface area contributed by atoms with Crippen molar-refractivity contribution < 1.29 is 0 Å². The van der Waals surface area contributed by atoms with Crippen LogP contribution in [0, 0.1) is 13.8 Å². The molecule has 0 saturated heterocycles. The second kappa shape index (κ2) is 5.11.